The van der Waals surface area contributed by atoms with Crippen LogP contribution in [-0.2, 0) is 14.3 Å². The molecule has 0 saturated carbocycles. The van der Waals surface area contributed by atoms with Gasteiger partial charge in [-0.3, -0.25) is 4.79 Å². The lowest BCUT2D eigenvalue weighted by molar-refractivity contribution is -0.123. The SMILES string of the molecule is COCCOCC(=O)N(C)c1ccc(N(C)C)cc1. The molecule has 0 aliphatic heterocycles. The first-order chi connectivity index (χ1) is 9.06. The number of ether oxygens (including phenoxy) is 2. The molecule has 106 valence electrons. The highest BCUT2D eigenvalue weighted by Crippen LogP contribution is 2.18. The van der Waals surface area contributed by atoms with Crippen LogP contribution in [-0.4, -0.2) is 54.0 Å². The summed E-state index contributed by atoms with van der Waals surface area (Å²) < 4.78 is 10.1. The summed E-state index contributed by atoms with van der Waals surface area (Å²) in [7, 11) is 7.30. The smallest absolute Gasteiger partial charge is 0.252 e. The predicted octanol–water partition coefficient (Wildman–Crippen LogP) is 1.38. The van der Waals surface area contributed by atoms with Crippen molar-refractivity contribution in [2.75, 3.05) is 57.9 Å². The highest BCUT2D eigenvalue weighted by atomic mass is 16.5. The summed E-state index contributed by atoms with van der Waals surface area (Å²) in [6, 6.07) is 7.79. The van der Waals surface area contributed by atoms with Crippen molar-refractivity contribution in [3.05, 3.63) is 24.3 Å². The molecule has 0 unspecified atom stereocenters. The first-order valence-electron chi connectivity index (χ1n) is 6.17. The van der Waals surface area contributed by atoms with Crippen LogP contribution < -0.4 is 9.80 Å². The number of rotatable bonds is 7. The van der Waals surface area contributed by atoms with Crippen molar-refractivity contribution in [3.63, 3.8) is 0 Å². The minimum absolute atomic E-state index is 0.0648. The molecule has 0 fully saturated rings. The summed E-state index contributed by atoms with van der Waals surface area (Å²) in [6.07, 6.45) is 0. The third-order valence-corrected chi connectivity index (χ3v) is 2.78. The van der Waals surface area contributed by atoms with Crippen molar-refractivity contribution in [1.29, 1.82) is 0 Å². The standard InChI is InChI=1S/C14H22N2O3/c1-15(2)12-5-7-13(8-6-12)16(3)14(17)11-19-10-9-18-4/h5-8H,9-11H2,1-4H3. The Labute approximate surface area is 114 Å². The van der Waals surface area contributed by atoms with Gasteiger partial charge >= 0.3 is 0 Å². The molecule has 0 atom stereocenters. The number of benzene rings is 1. The van der Waals surface area contributed by atoms with E-state index in [1.807, 2.05) is 43.3 Å². The Kier molecular flexibility index (Phi) is 6.32. The average molecular weight is 266 g/mol. The average Bonchev–Trinajstić information content (AvgIpc) is 2.42. The van der Waals surface area contributed by atoms with Gasteiger partial charge in [-0.25, -0.2) is 0 Å². The fourth-order valence-electron chi connectivity index (χ4n) is 1.52. The van der Waals surface area contributed by atoms with E-state index in [0.717, 1.165) is 11.4 Å². The van der Waals surface area contributed by atoms with Gasteiger partial charge in [0.1, 0.15) is 6.61 Å². The second-order valence-corrected chi connectivity index (χ2v) is 4.41. The number of methoxy groups -OCH3 is 1. The van der Waals surface area contributed by atoms with Crippen LogP contribution in [0.4, 0.5) is 11.4 Å². The lowest BCUT2D eigenvalue weighted by Gasteiger charge is -2.19. The first-order valence-corrected chi connectivity index (χ1v) is 6.17. The summed E-state index contributed by atoms with van der Waals surface area (Å²) in [5.41, 5.74) is 1.95. The monoisotopic (exact) mass is 266 g/mol. The molecule has 0 aliphatic rings. The third kappa shape index (κ3) is 4.89. The van der Waals surface area contributed by atoms with Gasteiger partial charge in [0.2, 0.25) is 0 Å². The summed E-state index contributed by atoms with van der Waals surface area (Å²) in [6.45, 7) is 0.986. The van der Waals surface area contributed by atoms with Crippen LogP contribution in [0.1, 0.15) is 0 Å². The predicted molar refractivity (Wildman–Crippen MR) is 76.9 cm³/mol. The maximum absolute atomic E-state index is 11.9. The van der Waals surface area contributed by atoms with Crippen LogP contribution in [0.15, 0.2) is 24.3 Å². The summed E-state index contributed by atoms with van der Waals surface area (Å²) >= 11 is 0. The molecule has 0 heterocycles. The van der Waals surface area contributed by atoms with Gasteiger partial charge in [-0.15, -0.1) is 0 Å². The van der Waals surface area contributed by atoms with Gasteiger partial charge in [0.05, 0.1) is 13.2 Å². The number of hydrogen-bond acceptors (Lipinski definition) is 4. The molecule has 0 bridgehead atoms. The van der Waals surface area contributed by atoms with Gasteiger partial charge < -0.3 is 19.3 Å². The molecule has 0 aromatic heterocycles. The molecule has 1 aromatic carbocycles. The molecular weight excluding hydrogens is 244 g/mol. The maximum Gasteiger partial charge on any atom is 0.252 e. The topological polar surface area (TPSA) is 42.0 Å². The van der Waals surface area contributed by atoms with Crippen molar-refractivity contribution in [2.45, 2.75) is 0 Å². The van der Waals surface area contributed by atoms with Crippen molar-refractivity contribution in [3.8, 4) is 0 Å². The molecule has 0 aliphatic carbocycles. The van der Waals surface area contributed by atoms with Crippen LogP contribution in [0.5, 0.6) is 0 Å². The molecule has 1 rings (SSSR count). The largest absolute Gasteiger partial charge is 0.382 e. The van der Waals surface area contributed by atoms with Crippen LogP contribution in [0.25, 0.3) is 0 Å². The van der Waals surface area contributed by atoms with Gasteiger partial charge in [0.15, 0.2) is 0 Å². The zero-order valence-corrected chi connectivity index (χ0v) is 12.0. The molecular formula is C14H22N2O3. The van der Waals surface area contributed by atoms with E-state index >= 15 is 0 Å². The van der Waals surface area contributed by atoms with E-state index in [9.17, 15) is 4.79 Å². The second kappa shape index (κ2) is 7.76. The zero-order chi connectivity index (χ0) is 14.3. The Bertz CT molecular complexity index is 390. The minimum Gasteiger partial charge on any atom is -0.382 e. The highest BCUT2D eigenvalue weighted by Gasteiger charge is 2.10. The summed E-state index contributed by atoms with van der Waals surface area (Å²) in [5, 5.41) is 0. The van der Waals surface area contributed by atoms with Crippen LogP contribution >= 0.6 is 0 Å². The quantitative estimate of drug-likeness (QED) is 0.699. The Hall–Kier alpha value is -1.59. The number of amides is 1. The number of hydrogen-bond donors (Lipinski definition) is 0. The van der Waals surface area contributed by atoms with Gasteiger partial charge in [0, 0.05) is 39.6 Å². The van der Waals surface area contributed by atoms with E-state index in [2.05, 4.69) is 0 Å². The van der Waals surface area contributed by atoms with Crippen LogP contribution in [0, 0.1) is 0 Å². The summed E-state index contributed by atoms with van der Waals surface area (Å²) in [4.78, 5) is 15.5. The van der Waals surface area contributed by atoms with Crippen molar-refractivity contribution >= 4 is 17.3 Å². The van der Waals surface area contributed by atoms with Crippen LogP contribution in [0.2, 0.25) is 0 Å². The van der Waals surface area contributed by atoms with E-state index in [1.165, 1.54) is 0 Å². The molecule has 0 spiro atoms. The first kappa shape index (κ1) is 15.5. The van der Waals surface area contributed by atoms with Gasteiger partial charge in [0.25, 0.3) is 5.91 Å². The van der Waals surface area contributed by atoms with E-state index < -0.39 is 0 Å². The van der Waals surface area contributed by atoms with E-state index in [-0.39, 0.29) is 12.5 Å². The van der Waals surface area contributed by atoms with Crippen LogP contribution in [0.3, 0.4) is 0 Å². The molecule has 0 radical (unpaired) electrons. The third-order valence-electron chi connectivity index (χ3n) is 2.78. The minimum atomic E-state index is -0.0753. The van der Waals surface area contributed by atoms with Crippen molar-refractivity contribution < 1.29 is 14.3 Å². The molecule has 5 nitrogen and oxygen atoms in total. The number of likely N-dealkylation sites (N-methyl/N-ethyl adjacent to an activating group) is 1. The van der Waals surface area contributed by atoms with Gasteiger partial charge in [-0.2, -0.15) is 0 Å². The number of carbonyl (C=O) groups is 1. The van der Waals surface area contributed by atoms with Crippen molar-refractivity contribution in [2.24, 2.45) is 0 Å². The highest BCUT2D eigenvalue weighted by molar-refractivity contribution is 5.93. The normalized spacial score (nSPS) is 10.3. The fraction of sp³-hybridized carbons (Fsp3) is 0.500. The lowest BCUT2D eigenvalue weighted by Crippen LogP contribution is -2.30. The summed E-state index contributed by atoms with van der Waals surface area (Å²) in [5.74, 6) is -0.0753. The molecule has 0 saturated heterocycles. The van der Waals surface area contributed by atoms with Crippen molar-refractivity contribution in [1.82, 2.24) is 0 Å². The number of carbonyl (C=O) groups excluding carboxylic acids is 1. The Morgan fingerprint density at radius 1 is 1.05 bits per heavy atom. The Balaban J connectivity index is 2.51. The molecule has 19 heavy (non-hydrogen) atoms. The second-order valence-electron chi connectivity index (χ2n) is 4.41. The Morgan fingerprint density at radius 3 is 2.16 bits per heavy atom. The Morgan fingerprint density at radius 2 is 1.63 bits per heavy atom. The lowest BCUT2D eigenvalue weighted by atomic mass is 10.2. The van der Waals surface area contributed by atoms with Gasteiger partial charge in [-0.1, -0.05) is 0 Å². The number of anilines is 2. The molecule has 1 amide bonds. The fourth-order valence-corrected chi connectivity index (χ4v) is 1.52. The zero-order valence-electron chi connectivity index (χ0n) is 12.0. The molecule has 1 aromatic rings. The molecule has 0 N–H and O–H groups in total. The van der Waals surface area contributed by atoms with E-state index in [1.54, 1.807) is 19.1 Å². The van der Waals surface area contributed by atoms with E-state index in [0.29, 0.717) is 13.2 Å². The molecule has 5 heteroatoms. The van der Waals surface area contributed by atoms with Gasteiger partial charge in [-0.05, 0) is 24.3 Å². The number of nitrogens with zero attached hydrogens (tertiary/aromatic N) is 2. The maximum atomic E-state index is 11.9. The van der Waals surface area contributed by atoms with E-state index in [4.69, 9.17) is 9.47 Å².